The van der Waals surface area contributed by atoms with Crippen LogP contribution in [0.2, 0.25) is 0 Å². The van der Waals surface area contributed by atoms with E-state index in [1.54, 1.807) is 35.8 Å². The van der Waals surface area contributed by atoms with Crippen LogP contribution < -0.4 is 26.6 Å². The van der Waals surface area contributed by atoms with Gasteiger partial charge in [-0.05, 0) is 138 Å². The molecular formula is C62H79F2N13O9S. The third kappa shape index (κ3) is 15.5. The van der Waals surface area contributed by atoms with E-state index in [0.717, 1.165) is 69.6 Å². The Morgan fingerprint density at radius 2 is 1.52 bits per heavy atom. The van der Waals surface area contributed by atoms with Crippen LogP contribution >= 0.6 is 11.8 Å². The number of likely N-dealkylation sites (tertiary alicyclic amines) is 2. The molecule has 5 atom stereocenters. The van der Waals surface area contributed by atoms with Crippen LogP contribution in [0.15, 0.2) is 59.7 Å². The van der Waals surface area contributed by atoms with Crippen LogP contribution in [0.3, 0.4) is 0 Å². The number of nitrogens with two attached hydrogens (primary N) is 1. The Labute approximate surface area is 510 Å². The molecule has 5 N–H and O–H groups in total. The third-order valence-corrected chi connectivity index (χ3v) is 18.4. The van der Waals surface area contributed by atoms with Crippen molar-refractivity contribution in [3.8, 4) is 17.2 Å². The largest absolute Gasteiger partial charge is 0.382 e. The smallest absolute Gasteiger partial charge is 0.254 e. The number of piperidine rings is 1. The van der Waals surface area contributed by atoms with E-state index in [1.165, 1.54) is 48.2 Å². The lowest BCUT2D eigenvalue weighted by molar-refractivity contribution is -0.138. The molecule has 1 saturated carbocycles. The number of likely N-dealkylation sites (N-methyl/N-ethyl adjacent to an activating group) is 1. The number of thioether (sulfide) groups is 1. The fourth-order valence-electron chi connectivity index (χ4n) is 12.3. The van der Waals surface area contributed by atoms with Gasteiger partial charge in [-0.15, -0.1) is 11.8 Å². The van der Waals surface area contributed by atoms with E-state index in [9.17, 15) is 38.0 Å². The van der Waals surface area contributed by atoms with Crippen LogP contribution in [0.5, 0.6) is 0 Å². The number of anilines is 2. The average molecular weight is 1220 g/mol. The van der Waals surface area contributed by atoms with Crippen molar-refractivity contribution in [3.63, 3.8) is 0 Å². The molecule has 25 heteroatoms. The predicted molar refractivity (Wildman–Crippen MR) is 323 cm³/mol. The van der Waals surface area contributed by atoms with Gasteiger partial charge in [0, 0.05) is 72.8 Å². The highest BCUT2D eigenvalue weighted by atomic mass is 32.2. The van der Waals surface area contributed by atoms with Crippen LogP contribution in [0, 0.1) is 28.9 Å². The molecule has 1 aliphatic carbocycles. The number of aromatic nitrogens is 3. The number of carbonyl (C=O) groups is 5. The van der Waals surface area contributed by atoms with Gasteiger partial charge in [-0.2, -0.15) is 10.4 Å². The summed E-state index contributed by atoms with van der Waals surface area (Å²) >= 11 is 1.49. The molecule has 4 aromatic rings. The van der Waals surface area contributed by atoms with Gasteiger partial charge in [-0.1, -0.05) is 0 Å². The molecule has 2 aromatic carbocycles. The first-order chi connectivity index (χ1) is 42.3. The minimum absolute atomic E-state index is 0.0221. The first kappa shape index (κ1) is 63.1. The number of amides is 4. The minimum atomic E-state index is -0.702. The Hall–Kier alpha value is -6.92. The number of rotatable bonds is 27. The van der Waals surface area contributed by atoms with Gasteiger partial charge < -0.3 is 60.2 Å². The number of nitrogens with zero attached hydrogens (tertiary/aromatic N) is 9. The number of benzene rings is 2. The van der Waals surface area contributed by atoms with E-state index in [4.69, 9.17) is 34.8 Å². The summed E-state index contributed by atoms with van der Waals surface area (Å²) in [6.45, 7) is 8.54. The number of fused-ring (bicyclic) bond motifs is 8. The number of halogens is 2. The first-order valence-corrected chi connectivity index (χ1v) is 31.5. The van der Waals surface area contributed by atoms with Gasteiger partial charge in [-0.3, -0.25) is 33.6 Å². The average Bonchev–Trinajstić information content (AvgIpc) is 1.94. The van der Waals surface area contributed by atoms with E-state index in [1.807, 2.05) is 11.0 Å². The summed E-state index contributed by atoms with van der Waals surface area (Å²) in [7, 11) is 1.71. The number of hydrogen-bond acceptors (Lipinski definition) is 18. The van der Waals surface area contributed by atoms with E-state index < -0.39 is 29.8 Å². The molecule has 87 heavy (non-hydrogen) atoms. The van der Waals surface area contributed by atoms with Crippen molar-refractivity contribution in [2.24, 2.45) is 10.9 Å². The fourth-order valence-corrected chi connectivity index (χ4v) is 13.5. The quantitative estimate of drug-likeness (QED) is 0.0457. The van der Waals surface area contributed by atoms with Gasteiger partial charge in [0.1, 0.15) is 41.3 Å². The molecule has 10 rings (SSSR count). The molecule has 0 spiro atoms. The van der Waals surface area contributed by atoms with Crippen molar-refractivity contribution in [1.29, 1.82) is 5.26 Å². The van der Waals surface area contributed by atoms with Gasteiger partial charge in [-0.25, -0.2) is 13.8 Å². The monoisotopic (exact) mass is 1220 g/mol. The summed E-state index contributed by atoms with van der Waals surface area (Å²) < 4.78 is 52.9. The van der Waals surface area contributed by atoms with Crippen LogP contribution in [-0.4, -0.2) is 199 Å². The van der Waals surface area contributed by atoms with Crippen molar-refractivity contribution in [3.05, 3.63) is 94.4 Å². The standard InChI is InChI=1S/C62H79F2N13O9S/c1-39(67-2)59(80)71-56(62(82)75-20-4-6-51(75)60-70-49(38-87-60)57(79)41-7-9-43(63)10-8-41)40-15-21-73(22-16-40)24-26-84-28-30-86-32-31-85-29-27-83-25-17-54(78)68-18-23-77-53(35-65)55-42-33-52(58(66)69-36-42)74-19-3-5-50(74)47-34-44(64)11-14-46(47)61(81)76(45-12-13-45)37-48(55)72-77/h7-11,14,33-34,36,39-40,45,49-51,56,67H,3-6,12-13,15-32,37-38H2,1-2H3,(H2,66,69)(H,68,78)(H,71,80)/t39-,49?,50-,51-,56-/m1/s1. The number of ether oxygens (including phenoxy) is 4. The van der Waals surface area contributed by atoms with Crippen molar-refractivity contribution in [2.75, 3.05) is 116 Å². The SMILES string of the molecule is CN[C@H](C)C(=O)N[C@@H](C(=O)N1CCC[C@@H]1C1=NC(C(=O)c2ccc(F)cc2)CS1)C1CCN(CCOCCOCCOCCOCCC(=O)NCCn2nc3c(c2C#N)-c2cnc(N)c(c2)N2CCC[C@@H]2c2cc(F)ccc2C(=O)N(C2CC2)C3)CC1. The molecule has 0 radical (unpaired) electrons. The van der Waals surface area contributed by atoms with Crippen LogP contribution in [-0.2, 0) is 46.4 Å². The van der Waals surface area contributed by atoms with Crippen molar-refractivity contribution in [1.82, 2.24) is 45.4 Å². The lowest BCUT2D eigenvalue weighted by Crippen LogP contribution is -2.58. The first-order valence-electron chi connectivity index (χ1n) is 30.5. The molecule has 22 nitrogen and oxygen atoms in total. The second-order valence-electron chi connectivity index (χ2n) is 23.0. The maximum atomic E-state index is 14.9. The van der Waals surface area contributed by atoms with Gasteiger partial charge >= 0.3 is 0 Å². The summed E-state index contributed by atoms with van der Waals surface area (Å²) in [5, 5.41) is 25.2. The summed E-state index contributed by atoms with van der Waals surface area (Å²) in [6, 6.07) is 11.7. The zero-order valence-electron chi connectivity index (χ0n) is 49.6. The lowest BCUT2D eigenvalue weighted by atomic mass is 9.88. The molecule has 5 aliphatic heterocycles. The number of nitriles is 1. The number of hydrogen-bond donors (Lipinski definition) is 4. The van der Waals surface area contributed by atoms with Crippen LogP contribution in [0.25, 0.3) is 11.1 Å². The summed E-state index contributed by atoms with van der Waals surface area (Å²) in [5.74, 6) is -1.12. The number of carbonyl (C=O) groups excluding carboxylic acids is 5. The Bertz CT molecular complexity index is 3170. The van der Waals surface area contributed by atoms with E-state index >= 15 is 0 Å². The molecule has 466 valence electrons. The van der Waals surface area contributed by atoms with E-state index in [-0.39, 0.29) is 97.6 Å². The molecule has 4 fully saturated rings. The number of nitrogens with one attached hydrogen (secondary N) is 3. The fraction of sp³-hybridized carbons (Fsp3) is 0.565. The summed E-state index contributed by atoms with van der Waals surface area (Å²) in [6.07, 6.45) is 7.85. The van der Waals surface area contributed by atoms with Crippen LogP contribution in [0.4, 0.5) is 20.3 Å². The second-order valence-corrected chi connectivity index (χ2v) is 24.0. The highest BCUT2D eigenvalue weighted by molar-refractivity contribution is 8.14. The molecule has 4 amide bonds. The topological polar surface area (TPSA) is 264 Å². The van der Waals surface area contributed by atoms with Crippen molar-refractivity contribution >= 4 is 57.7 Å². The minimum Gasteiger partial charge on any atom is -0.382 e. The summed E-state index contributed by atoms with van der Waals surface area (Å²) in [4.78, 5) is 85.7. The Morgan fingerprint density at radius 1 is 0.828 bits per heavy atom. The Morgan fingerprint density at radius 3 is 2.23 bits per heavy atom. The molecule has 6 aliphatic rings. The zero-order valence-corrected chi connectivity index (χ0v) is 50.4. The Balaban J connectivity index is 0.598. The number of aliphatic imine (C=N–C) groups is 1. The number of Topliss-reactive ketones (excluding diaryl/α,β-unsaturated/α-hetero) is 1. The second kappa shape index (κ2) is 29.9. The maximum absolute atomic E-state index is 14.9. The molecule has 2 aromatic heterocycles. The molecule has 7 heterocycles. The van der Waals surface area contributed by atoms with Gasteiger partial charge in [0.05, 0.1) is 100 Å². The van der Waals surface area contributed by atoms with Crippen LogP contribution in [0.1, 0.15) is 108 Å². The highest BCUT2D eigenvalue weighted by Gasteiger charge is 2.44. The van der Waals surface area contributed by atoms with Crippen molar-refractivity contribution in [2.45, 2.75) is 114 Å². The normalized spacial score (nSPS) is 20.4. The molecule has 3 saturated heterocycles. The number of pyridine rings is 1. The van der Waals surface area contributed by atoms with Gasteiger partial charge in [0.25, 0.3) is 5.91 Å². The summed E-state index contributed by atoms with van der Waals surface area (Å²) in [5.41, 5.74) is 10.6. The van der Waals surface area contributed by atoms with E-state index in [0.29, 0.717) is 111 Å². The van der Waals surface area contributed by atoms with Crippen molar-refractivity contribution < 1.29 is 51.7 Å². The number of ketones is 1. The third-order valence-electron chi connectivity index (χ3n) is 17.3. The molecule has 2 bridgehead atoms. The Kier molecular flexibility index (Phi) is 21.7. The zero-order chi connectivity index (χ0) is 61.0. The lowest BCUT2D eigenvalue weighted by Gasteiger charge is -2.38. The molecule has 1 unspecified atom stereocenters. The predicted octanol–water partition coefficient (Wildman–Crippen LogP) is 4.90. The molecular weight excluding hydrogens is 1140 g/mol. The highest BCUT2D eigenvalue weighted by Crippen LogP contribution is 2.44. The van der Waals surface area contributed by atoms with Gasteiger partial charge in [0.2, 0.25) is 17.7 Å². The van der Waals surface area contributed by atoms with E-state index in [2.05, 4.69) is 36.8 Å². The number of nitrogen functional groups attached to an aromatic ring is 1. The van der Waals surface area contributed by atoms with Gasteiger partial charge in [0.15, 0.2) is 5.78 Å². The maximum Gasteiger partial charge on any atom is 0.254 e.